The molecule has 0 aliphatic carbocycles. The minimum absolute atomic E-state index is 0.0142. The van der Waals surface area contributed by atoms with E-state index in [0.717, 1.165) is 5.69 Å². The van der Waals surface area contributed by atoms with Gasteiger partial charge in [-0.05, 0) is 20.4 Å². The predicted molar refractivity (Wildman–Crippen MR) is 82.6 cm³/mol. The zero-order valence-corrected chi connectivity index (χ0v) is 13.6. The third-order valence-corrected chi connectivity index (χ3v) is 6.57. The standard InChI is InChI=1S/C13H17N3O3S2/c1-9-7-20-13-14-10(5-12(17)16(9)13)6-15(2)11-3-4-21(18,19)8-11/h5,7,11H,3-4,6,8H2,1-2H3/t11-/m1/s1. The lowest BCUT2D eigenvalue weighted by Crippen LogP contribution is -2.33. The first-order valence-electron chi connectivity index (χ1n) is 6.73. The molecule has 0 amide bonds. The molecule has 1 fully saturated rings. The van der Waals surface area contributed by atoms with E-state index in [1.807, 2.05) is 24.3 Å². The Balaban J connectivity index is 1.83. The van der Waals surface area contributed by atoms with Gasteiger partial charge in [0.2, 0.25) is 0 Å². The van der Waals surface area contributed by atoms with Crippen molar-refractivity contribution in [2.24, 2.45) is 0 Å². The van der Waals surface area contributed by atoms with E-state index in [1.165, 1.54) is 17.4 Å². The Labute approximate surface area is 127 Å². The molecular formula is C13H17N3O3S2. The fourth-order valence-electron chi connectivity index (χ4n) is 2.69. The molecule has 0 spiro atoms. The SMILES string of the molecule is Cc1csc2nc(CN(C)[C@@H]3CCS(=O)(=O)C3)cc(=O)n12. The van der Waals surface area contributed by atoms with Crippen LogP contribution in [0.5, 0.6) is 0 Å². The highest BCUT2D eigenvalue weighted by atomic mass is 32.2. The highest BCUT2D eigenvalue weighted by Gasteiger charge is 2.30. The summed E-state index contributed by atoms with van der Waals surface area (Å²) in [6, 6.07) is 1.55. The number of aromatic nitrogens is 2. The van der Waals surface area contributed by atoms with Crippen molar-refractivity contribution in [3.05, 3.63) is 33.2 Å². The van der Waals surface area contributed by atoms with E-state index < -0.39 is 9.84 Å². The third-order valence-electron chi connectivity index (χ3n) is 3.87. The van der Waals surface area contributed by atoms with E-state index in [1.54, 1.807) is 4.40 Å². The average Bonchev–Trinajstić information content (AvgIpc) is 2.93. The number of hydrogen-bond acceptors (Lipinski definition) is 6. The Kier molecular flexibility index (Phi) is 3.62. The van der Waals surface area contributed by atoms with Gasteiger partial charge in [0.25, 0.3) is 5.56 Å². The topological polar surface area (TPSA) is 71.8 Å². The number of sulfone groups is 1. The van der Waals surface area contributed by atoms with Crippen molar-refractivity contribution in [1.29, 1.82) is 0 Å². The maximum Gasteiger partial charge on any atom is 0.259 e. The van der Waals surface area contributed by atoms with Crippen molar-refractivity contribution < 1.29 is 8.42 Å². The van der Waals surface area contributed by atoms with Crippen molar-refractivity contribution in [1.82, 2.24) is 14.3 Å². The summed E-state index contributed by atoms with van der Waals surface area (Å²) in [6.45, 7) is 2.37. The van der Waals surface area contributed by atoms with Crippen LogP contribution in [0, 0.1) is 6.92 Å². The van der Waals surface area contributed by atoms with Gasteiger partial charge < -0.3 is 0 Å². The molecule has 3 rings (SSSR count). The van der Waals surface area contributed by atoms with Crippen LogP contribution in [0.1, 0.15) is 17.8 Å². The first kappa shape index (κ1) is 14.7. The maximum absolute atomic E-state index is 12.1. The minimum Gasteiger partial charge on any atom is -0.297 e. The fraction of sp³-hybridized carbons (Fsp3) is 0.538. The third kappa shape index (κ3) is 2.88. The molecule has 3 heterocycles. The smallest absolute Gasteiger partial charge is 0.259 e. The van der Waals surface area contributed by atoms with Crippen molar-refractivity contribution in [2.45, 2.75) is 25.9 Å². The Hall–Kier alpha value is -1.25. The van der Waals surface area contributed by atoms with E-state index in [2.05, 4.69) is 4.98 Å². The molecule has 1 aliphatic rings. The monoisotopic (exact) mass is 327 g/mol. The normalized spacial score (nSPS) is 21.4. The van der Waals surface area contributed by atoms with Gasteiger partial charge in [0.1, 0.15) is 0 Å². The number of aryl methyl sites for hydroxylation is 1. The summed E-state index contributed by atoms with van der Waals surface area (Å²) >= 11 is 1.44. The summed E-state index contributed by atoms with van der Waals surface area (Å²) < 4.78 is 24.7. The summed E-state index contributed by atoms with van der Waals surface area (Å²) in [4.78, 5) is 19.3. The summed E-state index contributed by atoms with van der Waals surface area (Å²) in [5.74, 6) is 0.448. The molecule has 8 heteroatoms. The second kappa shape index (κ2) is 5.19. The molecule has 0 N–H and O–H groups in total. The lowest BCUT2D eigenvalue weighted by atomic mass is 10.2. The minimum atomic E-state index is -2.90. The molecule has 0 radical (unpaired) electrons. The van der Waals surface area contributed by atoms with Crippen LogP contribution in [-0.2, 0) is 16.4 Å². The molecular weight excluding hydrogens is 310 g/mol. The summed E-state index contributed by atoms with van der Waals surface area (Å²) in [5.41, 5.74) is 1.49. The van der Waals surface area contributed by atoms with Crippen LogP contribution >= 0.6 is 11.3 Å². The van der Waals surface area contributed by atoms with E-state index in [4.69, 9.17) is 0 Å². The van der Waals surface area contributed by atoms with Crippen LogP contribution in [0.3, 0.4) is 0 Å². The molecule has 21 heavy (non-hydrogen) atoms. The maximum atomic E-state index is 12.1. The number of nitrogens with zero attached hydrogens (tertiary/aromatic N) is 3. The zero-order valence-electron chi connectivity index (χ0n) is 11.9. The second-order valence-corrected chi connectivity index (χ2v) is 8.62. The van der Waals surface area contributed by atoms with Crippen LogP contribution in [-0.4, -0.2) is 47.3 Å². The second-order valence-electron chi connectivity index (χ2n) is 5.55. The van der Waals surface area contributed by atoms with Crippen LogP contribution in [0.4, 0.5) is 0 Å². The fourth-order valence-corrected chi connectivity index (χ4v) is 5.39. The van der Waals surface area contributed by atoms with Gasteiger partial charge in [0, 0.05) is 29.7 Å². The molecule has 1 atom stereocenters. The van der Waals surface area contributed by atoms with Gasteiger partial charge in [-0.2, -0.15) is 0 Å². The highest BCUT2D eigenvalue weighted by Crippen LogP contribution is 2.18. The first-order valence-corrected chi connectivity index (χ1v) is 9.43. The van der Waals surface area contributed by atoms with Gasteiger partial charge in [-0.25, -0.2) is 13.4 Å². The molecule has 0 aromatic carbocycles. The largest absolute Gasteiger partial charge is 0.297 e. The van der Waals surface area contributed by atoms with Gasteiger partial charge in [-0.3, -0.25) is 14.1 Å². The van der Waals surface area contributed by atoms with Crippen molar-refractivity contribution in [3.63, 3.8) is 0 Å². The molecule has 2 aromatic heterocycles. The Morgan fingerprint density at radius 3 is 2.95 bits per heavy atom. The van der Waals surface area contributed by atoms with Crippen LogP contribution in [0.25, 0.3) is 4.96 Å². The molecule has 0 unspecified atom stereocenters. The number of hydrogen-bond donors (Lipinski definition) is 0. The lowest BCUT2D eigenvalue weighted by Gasteiger charge is -2.22. The van der Waals surface area contributed by atoms with Crippen LogP contribution in [0.2, 0.25) is 0 Å². The van der Waals surface area contributed by atoms with Crippen molar-refractivity contribution in [3.8, 4) is 0 Å². The average molecular weight is 327 g/mol. The number of thiazole rings is 1. The van der Waals surface area contributed by atoms with Crippen molar-refractivity contribution in [2.75, 3.05) is 18.6 Å². The molecule has 114 valence electrons. The van der Waals surface area contributed by atoms with Gasteiger partial charge in [0.05, 0.1) is 17.2 Å². The molecule has 2 aromatic rings. The summed E-state index contributed by atoms with van der Waals surface area (Å²) in [5, 5.41) is 1.90. The summed E-state index contributed by atoms with van der Waals surface area (Å²) in [6.07, 6.45) is 0.651. The highest BCUT2D eigenvalue weighted by molar-refractivity contribution is 7.91. The van der Waals surface area contributed by atoms with E-state index >= 15 is 0 Å². The number of rotatable bonds is 3. The van der Waals surface area contributed by atoms with E-state index in [-0.39, 0.29) is 23.1 Å². The van der Waals surface area contributed by atoms with Gasteiger partial charge in [-0.1, -0.05) is 0 Å². The molecule has 0 saturated carbocycles. The van der Waals surface area contributed by atoms with E-state index in [9.17, 15) is 13.2 Å². The Morgan fingerprint density at radius 1 is 1.52 bits per heavy atom. The van der Waals surface area contributed by atoms with Gasteiger partial charge >= 0.3 is 0 Å². The molecule has 6 nitrogen and oxygen atoms in total. The number of fused-ring (bicyclic) bond motifs is 1. The zero-order chi connectivity index (χ0) is 15.2. The quantitative estimate of drug-likeness (QED) is 0.829. The molecule has 1 aliphatic heterocycles. The molecule has 1 saturated heterocycles. The van der Waals surface area contributed by atoms with Gasteiger partial charge in [0.15, 0.2) is 14.8 Å². The summed E-state index contributed by atoms with van der Waals surface area (Å²) in [7, 11) is -1.01. The van der Waals surface area contributed by atoms with E-state index in [0.29, 0.717) is 23.6 Å². The lowest BCUT2D eigenvalue weighted by molar-refractivity contribution is 0.251. The van der Waals surface area contributed by atoms with Crippen LogP contribution in [0.15, 0.2) is 16.2 Å². The predicted octanol–water partition coefficient (Wildman–Crippen LogP) is 0.683. The van der Waals surface area contributed by atoms with Gasteiger partial charge in [-0.15, -0.1) is 11.3 Å². The Morgan fingerprint density at radius 2 is 2.29 bits per heavy atom. The first-order chi connectivity index (χ1) is 9.85. The molecule has 0 bridgehead atoms. The van der Waals surface area contributed by atoms with Crippen LogP contribution < -0.4 is 5.56 Å². The van der Waals surface area contributed by atoms with Crippen molar-refractivity contribution >= 4 is 26.1 Å². The Bertz CT molecular complexity index is 838.